The predicted molar refractivity (Wildman–Crippen MR) is 89.8 cm³/mol. The highest BCUT2D eigenvalue weighted by Crippen LogP contribution is 2.24. The first-order valence-electron chi connectivity index (χ1n) is 7.67. The van der Waals surface area contributed by atoms with E-state index in [0.717, 1.165) is 24.2 Å². The molecule has 3 aromatic rings. The Morgan fingerprint density at radius 2 is 1.70 bits per heavy atom. The smallest absolute Gasteiger partial charge is 0.185 e. The van der Waals surface area contributed by atoms with Crippen LogP contribution in [-0.2, 0) is 6.42 Å². The van der Waals surface area contributed by atoms with Crippen molar-refractivity contribution >= 4 is 6.29 Å². The number of ether oxygens (including phenoxy) is 1. The van der Waals surface area contributed by atoms with Crippen molar-refractivity contribution in [3.05, 3.63) is 78.1 Å². The molecule has 0 bridgehead atoms. The summed E-state index contributed by atoms with van der Waals surface area (Å²) < 4.78 is 11.2. The Bertz CT molecular complexity index is 742. The summed E-state index contributed by atoms with van der Waals surface area (Å²) in [7, 11) is 0. The maximum Gasteiger partial charge on any atom is 0.185 e. The van der Waals surface area contributed by atoms with Crippen molar-refractivity contribution in [3.8, 4) is 17.1 Å². The Labute approximate surface area is 135 Å². The molecule has 0 aliphatic carbocycles. The average molecular weight is 306 g/mol. The molecule has 0 aliphatic rings. The van der Waals surface area contributed by atoms with E-state index in [1.54, 1.807) is 12.1 Å². The van der Waals surface area contributed by atoms with Crippen LogP contribution in [0.15, 0.2) is 71.1 Å². The van der Waals surface area contributed by atoms with Gasteiger partial charge in [-0.3, -0.25) is 4.79 Å². The van der Waals surface area contributed by atoms with E-state index in [2.05, 4.69) is 24.3 Å². The molecule has 0 saturated heterocycles. The molecule has 0 unspecified atom stereocenters. The van der Waals surface area contributed by atoms with Gasteiger partial charge in [-0.25, -0.2) is 0 Å². The van der Waals surface area contributed by atoms with E-state index in [9.17, 15) is 4.79 Å². The standard InChI is InChI=1S/C20H18O3/c21-15-19-12-13-20(23-19)17-8-10-18(11-9-17)22-14-4-7-16-5-2-1-3-6-16/h1-3,5-6,8-13,15H,4,7,14H2. The Kier molecular flexibility index (Phi) is 4.89. The van der Waals surface area contributed by atoms with Crippen LogP contribution < -0.4 is 4.74 Å². The van der Waals surface area contributed by atoms with Crippen molar-refractivity contribution in [2.45, 2.75) is 12.8 Å². The highest BCUT2D eigenvalue weighted by Gasteiger charge is 2.04. The van der Waals surface area contributed by atoms with Crippen molar-refractivity contribution < 1.29 is 13.9 Å². The second-order valence-corrected chi connectivity index (χ2v) is 5.28. The zero-order valence-electron chi connectivity index (χ0n) is 12.8. The van der Waals surface area contributed by atoms with Crippen molar-refractivity contribution in [3.63, 3.8) is 0 Å². The lowest BCUT2D eigenvalue weighted by atomic mass is 10.1. The van der Waals surface area contributed by atoms with Crippen LogP contribution in [0.1, 0.15) is 22.5 Å². The lowest BCUT2D eigenvalue weighted by Crippen LogP contribution is -1.99. The molecule has 116 valence electrons. The van der Waals surface area contributed by atoms with Gasteiger partial charge in [-0.05, 0) is 54.8 Å². The molecule has 0 atom stereocenters. The summed E-state index contributed by atoms with van der Waals surface area (Å²) in [4.78, 5) is 10.6. The third-order valence-electron chi connectivity index (χ3n) is 3.60. The van der Waals surface area contributed by atoms with Crippen LogP contribution in [-0.4, -0.2) is 12.9 Å². The minimum Gasteiger partial charge on any atom is -0.494 e. The summed E-state index contributed by atoms with van der Waals surface area (Å²) in [5.41, 5.74) is 2.25. The second kappa shape index (κ2) is 7.45. The summed E-state index contributed by atoms with van der Waals surface area (Å²) >= 11 is 0. The van der Waals surface area contributed by atoms with Gasteiger partial charge < -0.3 is 9.15 Å². The number of carbonyl (C=O) groups is 1. The minimum atomic E-state index is 0.334. The van der Waals surface area contributed by atoms with Crippen molar-refractivity contribution in [2.75, 3.05) is 6.61 Å². The molecule has 1 heterocycles. The molecule has 0 spiro atoms. The predicted octanol–water partition coefficient (Wildman–Crippen LogP) is 4.77. The van der Waals surface area contributed by atoms with Gasteiger partial charge in [-0.15, -0.1) is 0 Å². The van der Waals surface area contributed by atoms with Gasteiger partial charge in [0.05, 0.1) is 6.61 Å². The van der Waals surface area contributed by atoms with Gasteiger partial charge in [0.2, 0.25) is 0 Å². The van der Waals surface area contributed by atoms with Crippen LogP contribution in [0, 0.1) is 0 Å². The molecule has 0 aliphatic heterocycles. The van der Waals surface area contributed by atoms with Gasteiger partial charge in [0.15, 0.2) is 12.0 Å². The number of aldehydes is 1. The number of rotatable bonds is 7. The van der Waals surface area contributed by atoms with Crippen molar-refractivity contribution in [1.29, 1.82) is 0 Å². The number of carbonyl (C=O) groups excluding carboxylic acids is 1. The van der Waals surface area contributed by atoms with Crippen LogP contribution in [0.3, 0.4) is 0 Å². The van der Waals surface area contributed by atoms with Gasteiger partial charge >= 0.3 is 0 Å². The van der Waals surface area contributed by atoms with Crippen LogP contribution in [0.5, 0.6) is 5.75 Å². The maximum atomic E-state index is 10.6. The third-order valence-corrected chi connectivity index (χ3v) is 3.60. The normalized spacial score (nSPS) is 10.4. The summed E-state index contributed by atoms with van der Waals surface area (Å²) in [6.45, 7) is 0.685. The molecule has 0 amide bonds. The molecular weight excluding hydrogens is 288 g/mol. The number of hydrogen-bond acceptors (Lipinski definition) is 3. The van der Waals surface area contributed by atoms with E-state index in [-0.39, 0.29) is 0 Å². The Balaban J connectivity index is 1.50. The zero-order valence-corrected chi connectivity index (χ0v) is 12.8. The fourth-order valence-electron chi connectivity index (χ4n) is 2.40. The molecule has 0 fully saturated rings. The molecule has 0 saturated carbocycles. The fraction of sp³-hybridized carbons (Fsp3) is 0.150. The first-order chi connectivity index (χ1) is 11.3. The number of furan rings is 1. The van der Waals surface area contributed by atoms with Gasteiger partial charge in [-0.2, -0.15) is 0 Å². The highest BCUT2D eigenvalue weighted by molar-refractivity contribution is 5.72. The van der Waals surface area contributed by atoms with Crippen molar-refractivity contribution in [2.24, 2.45) is 0 Å². The largest absolute Gasteiger partial charge is 0.494 e. The Morgan fingerprint density at radius 3 is 2.39 bits per heavy atom. The molecular formula is C20H18O3. The fourth-order valence-corrected chi connectivity index (χ4v) is 2.40. The van der Waals surface area contributed by atoms with E-state index < -0.39 is 0 Å². The van der Waals surface area contributed by atoms with Gasteiger partial charge in [0.1, 0.15) is 11.5 Å². The summed E-state index contributed by atoms with van der Waals surface area (Å²) in [6, 6.07) is 21.5. The Morgan fingerprint density at radius 1 is 0.913 bits per heavy atom. The summed E-state index contributed by atoms with van der Waals surface area (Å²) in [5.74, 6) is 1.85. The molecule has 1 aromatic heterocycles. The summed E-state index contributed by atoms with van der Waals surface area (Å²) in [6.07, 6.45) is 2.69. The molecule has 2 aromatic carbocycles. The van der Waals surface area contributed by atoms with Gasteiger partial charge in [-0.1, -0.05) is 30.3 Å². The second-order valence-electron chi connectivity index (χ2n) is 5.28. The first kappa shape index (κ1) is 15.1. The molecule has 0 N–H and O–H groups in total. The topological polar surface area (TPSA) is 39.4 Å². The van der Waals surface area contributed by atoms with Gasteiger partial charge in [0.25, 0.3) is 0 Å². The quantitative estimate of drug-likeness (QED) is 0.466. The van der Waals surface area contributed by atoms with E-state index in [1.807, 2.05) is 30.3 Å². The lowest BCUT2D eigenvalue weighted by molar-refractivity contribution is 0.110. The first-order valence-corrected chi connectivity index (χ1v) is 7.67. The summed E-state index contributed by atoms with van der Waals surface area (Å²) in [5, 5.41) is 0. The van der Waals surface area contributed by atoms with E-state index in [1.165, 1.54) is 5.56 Å². The monoisotopic (exact) mass is 306 g/mol. The van der Waals surface area contributed by atoms with Crippen LogP contribution in [0.2, 0.25) is 0 Å². The van der Waals surface area contributed by atoms with E-state index in [4.69, 9.17) is 9.15 Å². The van der Waals surface area contributed by atoms with Crippen LogP contribution in [0.4, 0.5) is 0 Å². The van der Waals surface area contributed by atoms with E-state index >= 15 is 0 Å². The van der Waals surface area contributed by atoms with E-state index in [0.29, 0.717) is 24.4 Å². The molecule has 23 heavy (non-hydrogen) atoms. The van der Waals surface area contributed by atoms with Gasteiger partial charge in [0, 0.05) is 5.56 Å². The zero-order chi connectivity index (χ0) is 15.9. The highest BCUT2D eigenvalue weighted by atomic mass is 16.5. The Hall–Kier alpha value is -2.81. The third kappa shape index (κ3) is 4.10. The van der Waals surface area contributed by atoms with Crippen LogP contribution >= 0.6 is 0 Å². The number of hydrogen-bond donors (Lipinski definition) is 0. The average Bonchev–Trinajstić information content (AvgIpc) is 3.09. The van der Waals surface area contributed by atoms with Crippen molar-refractivity contribution in [1.82, 2.24) is 0 Å². The number of aryl methyl sites for hydroxylation is 1. The molecule has 0 radical (unpaired) electrons. The van der Waals surface area contributed by atoms with Crippen LogP contribution in [0.25, 0.3) is 11.3 Å². The lowest BCUT2D eigenvalue weighted by Gasteiger charge is -2.07. The number of benzene rings is 2. The maximum absolute atomic E-state index is 10.6. The minimum absolute atomic E-state index is 0.334. The SMILES string of the molecule is O=Cc1ccc(-c2ccc(OCCCc3ccccc3)cc2)o1. The molecule has 3 heteroatoms. The molecule has 3 rings (SSSR count). The molecule has 3 nitrogen and oxygen atoms in total.